The molecule has 1 aromatic carbocycles. The fourth-order valence-corrected chi connectivity index (χ4v) is 7.42. The van der Waals surface area contributed by atoms with E-state index in [1.807, 2.05) is 4.90 Å². The molecule has 14 nitrogen and oxygen atoms in total. The number of thioether (sulfide) groups is 1. The number of carboxylic acids is 1. The third kappa shape index (κ3) is 4.92. The third-order valence-corrected chi connectivity index (χ3v) is 9.56. The first-order chi connectivity index (χ1) is 20.5. The molecule has 6 rings (SSSR count). The Morgan fingerprint density at radius 2 is 1.84 bits per heavy atom. The standard InChI is InChI=1S/C28H29N7O7S/c1-28(2)20(26(41)42)35-24(40)18(25(35)43-28)32-23(39)17(13-5-7-14(36)8-6-13)31-22(38)16-12-29-21-15(19(16)37)11-30-27(33-21)34-9-3-4-10-34/h5-8,11-12,17-18,20,25,36H,3-4,9-10H2,1-2H3,(H,31,38)(H,32,39)(H,41,42)(H,29,30,33,37)/t17-,18-,20+,25-/m1/s1. The average molecular weight is 608 g/mol. The fraction of sp³-hybridized carbons (Fsp3) is 0.393. The van der Waals surface area contributed by atoms with E-state index in [0.29, 0.717) is 5.95 Å². The van der Waals surface area contributed by atoms with Crippen LogP contribution in [0.1, 0.15) is 48.7 Å². The second-order valence-corrected chi connectivity index (χ2v) is 13.0. The summed E-state index contributed by atoms with van der Waals surface area (Å²) < 4.78 is -0.785. The van der Waals surface area contributed by atoms with Crippen LogP contribution in [0, 0.1) is 0 Å². The lowest BCUT2D eigenvalue weighted by Crippen LogP contribution is -2.71. The summed E-state index contributed by atoms with van der Waals surface area (Å²) in [6.07, 6.45) is 4.65. The first-order valence-corrected chi connectivity index (χ1v) is 14.6. The molecule has 4 atom stereocenters. The molecule has 15 heteroatoms. The number of aliphatic carboxylic acids is 1. The molecule has 5 heterocycles. The van der Waals surface area contributed by atoms with Crippen LogP contribution in [0.4, 0.5) is 5.95 Å². The second-order valence-electron chi connectivity index (χ2n) is 11.2. The molecule has 3 fully saturated rings. The highest BCUT2D eigenvalue weighted by atomic mass is 32.2. The minimum absolute atomic E-state index is 0.0670. The van der Waals surface area contributed by atoms with Crippen LogP contribution in [0.5, 0.6) is 5.75 Å². The van der Waals surface area contributed by atoms with Crippen LogP contribution in [0.15, 0.2) is 41.5 Å². The Morgan fingerprint density at radius 3 is 2.51 bits per heavy atom. The molecule has 43 heavy (non-hydrogen) atoms. The van der Waals surface area contributed by atoms with Crippen molar-refractivity contribution in [1.82, 2.24) is 30.5 Å². The number of phenols is 1. The molecule has 0 bridgehead atoms. The number of carbonyl (C=O) groups is 4. The zero-order chi connectivity index (χ0) is 30.6. The van der Waals surface area contributed by atoms with Crippen molar-refractivity contribution < 1.29 is 29.4 Å². The van der Waals surface area contributed by atoms with Crippen molar-refractivity contribution in [2.75, 3.05) is 18.0 Å². The molecule has 5 N–H and O–H groups in total. The van der Waals surface area contributed by atoms with Crippen LogP contribution in [-0.4, -0.2) is 89.0 Å². The number of aromatic nitrogens is 3. The normalized spacial score (nSPS) is 23.0. The Hall–Kier alpha value is -4.66. The van der Waals surface area contributed by atoms with Crippen molar-refractivity contribution in [3.05, 3.63) is 58.0 Å². The zero-order valence-electron chi connectivity index (χ0n) is 23.2. The van der Waals surface area contributed by atoms with E-state index in [0.717, 1.165) is 25.9 Å². The molecule has 3 amide bonds. The van der Waals surface area contributed by atoms with E-state index in [4.69, 9.17) is 0 Å². The highest BCUT2D eigenvalue weighted by molar-refractivity contribution is 8.01. The van der Waals surface area contributed by atoms with Gasteiger partial charge in [-0.15, -0.1) is 11.8 Å². The smallest absolute Gasteiger partial charge is 0.327 e. The van der Waals surface area contributed by atoms with Crippen molar-refractivity contribution in [3.63, 3.8) is 0 Å². The summed E-state index contributed by atoms with van der Waals surface area (Å²) in [7, 11) is 0. The van der Waals surface area contributed by atoms with Gasteiger partial charge in [0.1, 0.15) is 40.5 Å². The predicted molar refractivity (Wildman–Crippen MR) is 156 cm³/mol. The molecule has 0 saturated carbocycles. The number of amides is 3. The lowest BCUT2D eigenvalue weighted by Gasteiger charge is -2.44. The van der Waals surface area contributed by atoms with E-state index < -0.39 is 57.4 Å². The Kier molecular flexibility index (Phi) is 6.99. The maximum Gasteiger partial charge on any atom is 0.327 e. The van der Waals surface area contributed by atoms with Gasteiger partial charge in [0.25, 0.3) is 5.91 Å². The predicted octanol–water partition coefficient (Wildman–Crippen LogP) is 0.727. The molecule has 3 aromatic rings. The number of rotatable bonds is 7. The average Bonchev–Trinajstić information content (AvgIpc) is 3.60. The summed E-state index contributed by atoms with van der Waals surface area (Å²) in [4.78, 5) is 79.9. The number of pyridine rings is 1. The number of aromatic hydroxyl groups is 1. The molecular formula is C28H29N7O7S. The van der Waals surface area contributed by atoms with Gasteiger partial charge in [-0.3, -0.25) is 19.2 Å². The van der Waals surface area contributed by atoms with Gasteiger partial charge in [0.05, 0.1) is 5.39 Å². The van der Waals surface area contributed by atoms with E-state index in [-0.39, 0.29) is 27.9 Å². The van der Waals surface area contributed by atoms with E-state index in [1.54, 1.807) is 13.8 Å². The van der Waals surface area contributed by atoms with Crippen molar-refractivity contribution in [3.8, 4) is 5.75 Å². The number of fused-ring (bicyclic) bond motifs is 2. The quantitative estimate of drug-likeness (QED) is 0.237. The summed E-state index contributed by atoms with van der Waals surface area (Å²) in [5.74, 6) is -2.86. The molecule has 0 unspecified atom stereocenters. The number of hydrogen-bond acceptors (Lipinski definition) is 10. The first-order valence-electron chi connectivity index (χ1n) is 13.7. The molecule has 2 aromatic heterocycles. The Morgan fingerprint density at radius 1 is 1.14 bits per heavy atom. The molecule has 3 aliphatic rings. The van der Waals surface area contributed by atoms with Crippen molar-refractivity contribution >= 4 is 52.4 Å². The molecule has 0 radical (unpaired) electrons. The van der Waals surface area contributed by atoms with Gasteiger partial charge in [0.2, 0.25) is 23.2 Å². The number of β-lactam (4-membered cyclic amide) rings is 1. The minimum Gasteiger partial charge on any atom is -0.508 e. The van der Waals surface area contributed by atoms with Gasteiger partial charge in [-0.1, -0.05) is 12.1 Å². The number of phenolic OH excluding ortho intramolecular Hbond substituents is 1. The second kappa shape index (κ2) is 10.6. The van der Waals surface area contributed by atoms with Crippen LogP contribution in [0.3, 0.4) is 0 Å². The molecular weight excluding hydrogens is 578 g/mol. The number of carbonyl (C=O) groups excluding carboxylic acids is 3. The summed E-state index contributed by atoms with van der Waals surface area (Å²) in [5.41, 5.74) is -0.343. The highest BCUT2D eigenvalue weighted by Gasteiger charge is 2.64. The van der Waals surface area contributed by atoms with Gasteiger partial charge >= 0.3 is 5.97 Å². The van der Waals surface area contributed by atoms with Crippen molar-refractivity contribution in [2.45, 2.75) is 54.9 Å². The van der Waals surface area contributed by atoms with E-state index in [9.17, 15) is 34.2 Å². The highest BCUT2D eigenvalue weighted by Crippen LogP contribution is 2.50. The number of anilines is 1. The van der Waals surface area contributed by atoms with Crippen LogP contribution < -0.4 is 21.0 Å². The summed E-state index contributed by atoms with van der Waals surface area (Å²) >= 11 is 1.27. The minimum atomic E-state index is -1.35. The topological polar surface area (TPSA) is 198 Å². The SMILES string of the molecule is CC1(C)S[C@@H]2[C@H](NC(=O)[C@H](NC(=O)c3c[nH]c4nc(N5CCCC5)ncc4c3=O)c3ccc(O)cc3)C(=O)N2[C@H]1C(=O)O. The first kappa shape index (κ1) is 28.5. The van der Waals surface area contributed by atoms with Crippen LogP contribution in [0.25, 0.3) is 11.0 Å². The fourth-order valence-electron chi connectivity index (χ4n) is 5.80. The van der Waals surface area contributed by atoms with Gasteiger partial charge in [-0.05, 0) is 44.4 Å². The van der Waals surface area contributed by atoms with Crippen LogP contribution >= 0.6 is 11.8 Å². The number of carboxylic acid groups (broad SMARTS) is 1. The number of benzene rings is 1. The maximum atomic E-state index is 13.6. The summed E-state index contributed by atoms with van der Waals surface area (Å²) in [5, 5.41) is 24.2. The van der Waals surface area contributed by atoms with Crippen LogP contribution in [0.2, 0.25) is 0 Å². The Labute approximate surface area is 248 Å². The van der Waals surface area contributed by atoms with Crippen molar-refractivity contribution in [2.24, 2.45) is 0 Å². The van der Waals surface area contributed by atoms with Gasteiger partial charge in [-0.2, -0.15) is 4.98 Å². The number of nitrogens with zero attached hydrogens (tertiary/aromatic N) is 4. The number of hydrogen-bond donors (Lipinski definition) is 5. The Balaban J connectivity index is 1.25. The largest absolute Gasteiger partial charge is 0.508 e. The van der Waals surface area contributed by atoms with Gasteiger partial charge in [0.15, 0.2) is 0 Å². The third-order valence-electron chi connectivity index (χ3n) is 7.99. The monoisotopic (exact) mass is 607 g/mol. The molecule has 0 aliphatic carbocycles. The van der Waals surface area contributed by atoms with Crippen LogP contribution in [-0.2, 0) is 14.4 Å². The van der Waals surface area contributed by atoms with Crippen molar-refractivity contribution in [1.29, 1.82) is 0 Å². The Bertz CT molecular complexity index is 1700. The number of aromatic amines is 1. The molecule has 3 aliphatic heterocycles. The lowest BCUT2D eigenvalue weighted by atomic mass is 9.95. The summed E-state index contributed by atoms with van der Waals surface area (Å²) in [6.45, 7) is 5.08. The van der Waals surface area contributed by atoms with Gasteiger partial charge < -0.3 is 35.6 Å². The van der Waals surface area contributed by atoms with E-state index in [1.165, 1.54) is 53.3 Å². The molecule has 0 spiro atoms. The molecule has 3 saturated heterocycles. The van der Waals surface area contributed by atoms with E-state index >= 15 is 0 Å². The zero-order valence-corrected chi connectivity index (χ0v) is 24.1. The van der Waals surface area contributed by atoms with Gasteiger partial charge in [-0.25, -0.2) is 9.78 Å². The van der Waals surface area contributed by atoms with E-state index in [2.05, 4.69) is 25.6 Å². The lowest BCUT2D eigenvalue weighted by molar-refractivity contribution is -0.161. The number of H-pyrrole nitrogens is 1. The summed E-state index contributed by atoms with van der Waals surface area (Å²) in [6, 6.07) is 2.12. The number of nitrogens with one attached hydrogen (secondary N) is 3. The maximum absolute atomic E-state index is 13.6. The molecule has 224 valence electrons. The van der Waals surface area contributed by atoms with Gasteiger partial charge in [0, 0.05) is 30.2 Å².